The molecule has 0 bridgehead atoms. The molecular weight excluding hydrogens is 410 g/mol. The Morgan fingerprint density at radius 3 is 2.52 bits per heavy atom. The highest BCUT2D eigenvalue weighted by Crippen LogP contribution is 2.35. The van der Waals surface area contributed by atoms with Crippen molar-refractivity contribution in [3.8, 4) is 5.75 Å². The summed E-state index contributed by atoms with van der Waals surface area (Å²) in [5.74, 6) is 4.59. The van der Waals surface area contributed by atoms with Crippen LogP contribution in [-0.4, -0.2) is 7.11 Å². The normalized spacial score (nSPS) is 12.3. The van der Waals surface area contributed by atoms with E-state index in [9.17, 15) is 8.78 Å². The Kier molecular flexibility index (Phi) is 5.32. The number of hydrazine groups is 1. The Balaban J connectivity index is 2.63. The van der Waals surface area contributed by atoms with Crippen LogP contribution in [0.5, 0.6) is 5.75 Å². The third kappa shape index (κ3) is 3.26. The number of ether oxygens (including phenoxy) is 1. The molecule has 0 aliphatic carbocycles. The maximum absolute atomic E-state index is 14.3. The first-order valence-electron chi connectivity index (χ1n) is 5.92. The van der Waals surface area contributed by atoms with Crippen LogP contribution in [0, 0.1) is 11.6 Å². The molecule has 0 radical (unpaired) electrons. The standard InChI is InChI=1S/C14H12Br2F2N2O/c1-21-11-6-7(15)2-3-8(11)14(20-19)12-10(17)5-4-9(16)13(12)18/h2-6,14,20H,19H2,1H3. The Bertz CT molecular complexity index is 668. The minimum atomic E-state index is -0.884. The van der Waals surface area contributed by atoms with Crippen molar-refractivity contribution in [3.05, 3.63) is 62.0 Å². The minimum Gasteiger partial charge on any atom is -0.496 e. The zero-order chi connectivity index (χ0) is 15.6. The molecule has 2 rings (SSSR count). The van der Waals surface area contributed by atoms with Gasteiger partial charge < -0.3 is 4.74 Å². The summed E-state index contributed by atoms with van der Waals surface area (Å²) in [7, 11) is 1.48. The molecule has 0 saturated heterocycles. The highest BCUT2D eigenvalue weighted by Gasteiger charge is 2.25. The first kappa shape index (κ1) is 16.4. The Labute approximate surface area is 137 Å². The van der Waals surface area contributed by atoms with E-state index in [1.54, 1.807) is 18.2 Å². The number of hydrogen-bond acceptors (Lipinski definition) is 3. The fraction of sp³-hybridized carbons (Fsp3) is 0.143. The highest BCUT2D eigenvalue weighted by atomic mass is 79.9. The summed E-state index contributed by atoms with van der Waals surface area (Å²) in [6.07, 6.45) is 0. The van der Waals surface area contributed by atoms with E-state index in [1.165, 1.54) is 19.2 Å². The van der Waals surface area contributed by atoms with E-state index in [0.717, 1.165) is 4.47 Å². The van der Waals surface area contributed by atoms with Crippen LogP contribution in [0.4, 0.5) is 8.78 Å². The quantitative estimate of drug-likeness (QED) is 0.444. The summed E-state index contributed by atoms with van der Waals surface area (Å²) in [4.78, 5) is 0. The average molecular weight is 422 g/mol. The molecule has 1 atom stereocenters. The molecule has 7 heteroatoms. The van der Waals surface area contributed by atoms with Gasteiger partial charge in [0.1, 0.15) is 17.4 Å². The van der Waals surface area contributed by atoms with Crippen molar-refractivity contribution >= 4 is 31.9 Å². The van der Waals surface area contributed by atoms with Crippen LogP contribution >= 0.6 is 31.9 Å². The highest BCUT2D eigenvalue weighted by molar-refractivity contribution is 9.10. The van der Waals surface area contributed by atoms with Crippen molar-refractivity contribution in [1.82, 2.24) is 5.43 Å². The molecule has 0 spiro atoms. The van der Waals surface area contributed by atoms with Crippen LogP contribution in [0.3, 0.4) is 0 Å². The molecule has 0 aromatic heterocycles. The summed E-state index contributed by atoms with van der Waals surface area (Å²) < 4.78 is 34.5. The summed E-state index contributed by atoms with van der Waals surface area (Å²) in [6.45, 7) is 0. The minimum absolute atomic E-state index is 0.162. The first-order chi connectivity index (χ1) is 9.99. The van der Waals surface area contributed by atoms with Crippen LogP contribution in [-0.2, 0) is 0 Å². The molecule has 0 aliphatic rings. The fourth-order valence-corrected chi connectivity index (χ4v) is 2.75. The molecule has 0 heterocycles. The van der Waals surface area contributed by atoms with Gasteiger partial charge in [0.15, 0.2) is 0 Å². The van der Waals surface area contributed by atoms with E-state index in [4.69, 9.17) is 10.6 Å². The third-order valence-corrected chi connectivity index (χ3v) is 4.15. The van der Waals surface area contributed by atoms with Crippen molar-refractivity contribution in [1.29, 1.82) is 0 Å². The molecular formula is C14H12Br2F2N2O. The lowest BCUT2D eigenvalue weighted by Gasteiger charge is -2.21. The second kappa shape index (κ2) is 6.83. The maximum Gasteiger partial charge on any atom is 0.145 e. The lowest BCUT2D eigenvalue weighted by Crippen LogP contribution is -2.30. The van der Waals surface area contributed by atoms with Gasteiger partial charge in [-0.15, -0.1) is 0 Å². The molecule has 0 fully saturated rings. The van der Waals surface area contributed by atoms with Gasteiger partial charge in [-0.25, -0.2) is 14.2 Å². The molecule has 0 amide bonds. The zero-order valence-electron chi connectivity index (χ0n) is 11.0. The Morgan fingerprint density at radius 1 is 1.19 bits per heavy atom. The number of methoxy groups -OCH3 is 1. The largest absolute Gasteiger partial charge is 0.496 e. The predicted molar refractivity (Wildman–Crippen MR) is 83.9 cm³/mol. The number of benzene rings is 2. The smallest absolute Gasteiger partial charge is 0.145 e. The Hall–Kier alpha value is -1.02. The van der Waals surface area contributed by atoms with Gasteiger partial charge in [-0.1, -0.05) is 22.0 Å². The van der Waals surface area contributed by atoms with Gasteiger partial charge in [0.05, 0.1) is 17.6 Å². The summed E-state index contributed by atoms with van der Waals surface area (Å²) in [6, 6.07) is 6.74. The molecule has 1 unspecified atom stereocenters. The summed E-state index contributed by atoms with van der Waals surface area (Å²) in [5.41, 5.74) is 2.79. The second-order valence-electron chi connectivity index (χ2n) is 4.24. The predicted octanol–water partition coefficient (Wildman–Crippen LogP) is 4.05. The van der Waals surface area contributed by atoms with Gasteiger partial charge in [-0.3, -0.25) is 5.84 Å². The molecule has 3 nitrogen and oxygen atoms in total. The lowest BCUT2D eigenvalue weighted by molar-refractivity contribution is 0.401. The number of rotatable bonds is 4. The van der Waals surface area contributed by atoms with E-state index >= 15 is 0 Å². The average Bonchev–Trinajstić information content (AvgIpc) is 2.48. The van der Waals surface area contributed by atoms with Crippen molar-refractivity contribution in [2.24, 2.45) is 5.84 Å². The summed E-state index contributed by atoms with van der Waals surface area (Å²) in [5, 5.41) is 0. The zero-order valence-corrected chi connectivity index (χ0v) is 14.1. The van der Waals surface area contributed by atoms with Crippen molar-refractivity contribution in [2.75, 3.05) is 7.11 Å². The molecule has 21 heavy (non-hydrogen) atoms. The number of nitrogens with two attached hydrogens (primary N) is 1. The van der Waals surface area contributed by atoms with E-state index in [0.29, 0.717) is 11.3 Å². The van der Waals surface area contributed by atoms with Crippen LogP contribution in [0.2, 0.25) is 0 Å². The molecule has 3 N–H and O–H groups in total. The Morgan fingerprint density at radius 2 is 1.90 bits per heavy atom. The van der Waals surface area contributed by atoms with Crippen molar-refractivity contribution in [2.45, 2.75) is 6.04 Å². The van der Waals surface area contributed by atoms with Crippen LogP contribution in [0.25, 0.3) is 0 Å². The van der Waals surface area contributed by atoms with Crippen molar-refractivity contribution < 1.29 is 13.5 Å². The number of hydrogen-bond donors (Lipinski definition) is 2. The number of halogens is 4. The maximum atomic E-state index is 14.3. The van der Waals surface area contributed by atoms with Gasteiger partial charge in [-0.05, 0) is 40.2 Å². The first-order valence-corrected chi connectivity index (χ1v) is 7.51. The van der Waals surface area contributed by atoms with Gasteiger partial charge in [0, 0.05) is 15.6 Å². The molecule has 112 valence electrons. The van der Waals surface area contributed by atoms with Gasteiger partial charge in [0.25, 0.3) is 0 Å². The van der Waals surface area contributed by atoms with Gasteiger partial charge in [0.2, 0.25) is 0 Å². The van der Waals surface area contributed by atoms with Gasteiger partial charge >= 0.3 is 0 Å². The second-order valence-corrected chi connectivity index (χ2v) is 6.01. The van der Waals surface area contributed by atoms with E-state index < -0.39 is 17.7 Å². The van der Waals surface area contributed by atoms with Gasteiger partial charge in [-0.2, -0.15) is 0 Å². The van der Waals surface area contributed by atoms with E-state index in [-0.39, 0.29) is 10.0 Å². The van der Waals surface area contributed by atoms with Crippen molar-refractivity contribution in [3.63, 3.8) is 0 Å². The monoisotopic (exact) mass is 420 g/mol. The topological polar surface area (TPSA) is 47.3 Å². The van der Waals surface area contributed by atoms with E-state index in [2.05, 4.69) is 37.3 Å². The van der Waals surface area contributed by atoms with Crippen LogP contribution in [0.15, 0.2) is 39.3 Å². The molecule has 2 aromatic rings. The molecule has 0 saturated carbocycles. The molecule has 0 aliphatic heterocycles. The summed E-state index contributed by atoms with van der Waals surface area (Å²) >= 11 is 6.37. The number of nitrogens with one attached hydrogen (secondary N) is 1. The fourth-order valence-electron chi connectivity index (χ4n) is 2.06. The SMILES string of the molecule is COc1cc(Br)ccc1C(NN)c1c(F)ccc(Br)c1F. The third-order valence-electron chi connectivity index (χ3n) is 3.04. The molecule has 2 aromatic carbocycles. The van der Waals surface area contributed by atoms with Crippen LogP contribution < -0.4 is 16.0 Å². The lowest BCUT2D eigenvalue weighted by atomic mass is 9.97. The van der Waals surface area contributed by atoms with E-state index in [1.807, 2.05) is 0 Å². The van der Waals surface area contributed by atoms with Crippen LogP contribution in [0.1, 0.15) is 17.2 Å².